The molecule has 0 fully saturated rings. The maximum atomic E-state index is 12.2. The molecule has 16 heavy (non-hydrogen) atoms. The van der Waals surface area contributed by atoms with Crippen LogP contribution in [0.2, 0.25) is 0 Å². The summed E-state index contributed by atoms with van der Waals surface area (Å²) in [5, 5.41) is 0. The molecule has 0 saturated carbocycles. The van der Waals surface area contributed by atoms with Crippen LogP contribution in [0.5, 0.6) is 0 Å². The summed E-state index contributed by atoms with van der Waals surface area (Å²) < 4.78 is 10.1. The summed E-state index contributed by atoms with van der Waals surface area (Å²) in [4.78, 5) is 14.0. The van der Waals surface area contributed by atoms with Crippen molar-refractivity contribution < 1.29 is 14.3 Å². The molecule has 4 nitrogen and oxygen atoms in total. The third-order valence-corrected chi connectivity index (χ3v) is 2.38. The van der Waals surface area contributed by atoms with E-state index in [1.165, 1.54) is 0 Å². The summed E-state index contributed by atoms with van der Waals surface area (Å²) in [6, 6.07) is 0.0758. The minimum Gasteiger partial charge on any atom is -0.383 e. The number of hydrogen-bond acceptors (Lipinski definition) is 3. The third-order valence-electron chi connectivity index (χ3n) is 2.38. The first kappa shape index (κ1) is 15.4. The van der Waals surface area contributed by atoms with Crippen molar-refractivity contribution in [1.29, 1.82) is 0 Å². The van der Waals surface area contributed by atoms with Gasteiger partial charge >= 0.3 is 0 Å². The summed E-state index contributed by atoms with van der Waals surface area (Å²) in [7, 11) is 3.29. The van der Waals surface area contributed by atoms with Crippen molar-refractivity contribution in [2.75, 3.05) is 34.0 Å². The van der Waals surface area contributed by atoms with Crippen molar-refractivity contribution in [3.8, 4) is 0 Å². The van der Waals surface area contributed by atoms with Gasteiger partial charge in [0.25, 0.3) is 0 Å². The summed E-state index contributed by atoms with van der Waals surface area (Å²) in [5.41, 5.74) is -0.365. The predicted octanol–water partition coefficient (Wildman–Crippen LogP) is 1.54. The highest BCUT2D eigenvalue weighted by Gasteiger charge is 2.29. The molecule has 0 aromatic carbocycles. The molecule has 0 aliphatic carbocycles. The predicted molar refractivity (Wildman–Crippen MR) is 64.4 cm³/mol. The van der Waals surface area contributed by atoms with Crippen molar-refractivity contribution in [2.45, 2.75) is 33.7 Å². The topological polar surface area (TPSA) is 38.8 Å². The standard InChI is InChI=1S/C12H25NO3/c1-10(9-16-6)13(7-8-15-5)11(14)12(2,3)4/h10H,7-9H2,1-6H3. The summed E-state index contributed by atoms with van der Waals surface area (Å²) >= 11 is 0. The number of rotatable bonds is 6. The molecule has 1 amide bonds. The number of hydrogen-bond donors (Lipinski definition) is 0. The molecular formula is C12H25NO3. The van der Waals surface area contributed by atoms with Crippen LogP contribution in [0.4, 0.5) is 0 Å². The lowest BCUT2D eigenvalue weighted by molar-refractivity contribution is -0.143. The van der Waals surface area contributed by atoms with Crippen molar-refractivity contribution in [3.63, 3.8) is 0 Å². The van der Waals surface area contributed by atoms with E-state index in [4.69, 9.17) is 9.47 Å². The number of ether oxygens (including phenoxy) is 2. The highest BCUT2D eigenvalue weighted by Crippen LogP contribution is 2.19. The van der Waals surface area contributed by atoms with Crippen LogP contribution >= 0.6 is 0 Å². The van der Waals surface area contributed by atoms with Crippen molar-refractivity contribution in [1.82, 2.24) is 4.90 Å². The Morgan fingerprint density at radius 2 is 1.81 bits per heavy atom. The van der Waals surface area contributed by atoms with E-state index in [-0.39, 0.29) is 17.4 Å². The van der Waals surface area contributed by atoms with E-state index in [1.54, 1.807) is 14.2 Å². The normalized spacial score (nSPS) is 13.6. The Hall–Kier alpha value is -0.610. The average molecular weight is 231 g/mol. The highest BCUT2D eigenvalue weighted by atomic mass is 16.5. The fourth-order valence-corrected chi connectivity index (χ4v) is 1.47. The van der Waals surface area contributed by atoms with E-state index in [9.17, 15) is 4.79 Å². The van der Waals surface area contributed by atoms with Gasteiger partial charge in [0, 0.05) is 26.2 Å². The van der Waals surface area contributed by atoms with E-state index >= 15 is 0 Å². The Balaban J connectivity index is 4.59. The van der Waals surface area contributed by atoms with Gasteiger partial charge in [0.05, 0.1) is 19.3 Å². The van der Waals surface area contributed by atoms with Crippen molar-refractivity contribution in [2.24, 2.45) is 5.41 Å². The minimum absolute atomic E-state index is 0.0758. The lowest BCUT2D eigenvalue weighted by Crippen LogP contribution is -2.47. The molecule has 0 N–H and O–H groups in total. The monoisotopic (exact) mass is 231 g/mol. The van der Waals surface area contributed by atoms with Gasteiger partial charge in [-0.3, -0.25) is 4.79 Å². The number of methoxy groups -OCH3 is 2. The zero-order valence-electron chi connectivity index (χ0n) is 11.4. The second kappa shape index (κ2) is 6.86. The Labute approximate surface area is 98.9 Å². The van der Waals surface area contributed by atoms with E-state index in [0.717, 1.165) is 0 Å². The average Bonchev–Trinajstić information content (AvgIpc) is 2.17. The van der Waals surface area contributed by atoms with Gasteiger partial charge in [0.15, 0.2) is 0 Å². The molecule has 0 spiro atoms. The fourth-order valence-electron chi connectivity index (χ4n) is 1.47. The summed E-state index contributed by atoms with van der Waals surface area (Å²) in [6.45, 7) is 9.47. The molecule has 0 radical (unpaired) electrons. The Kier molecular flexibility index (Phi) is 6.60. The smallest absolute Gasteiger partial charge is 0.228 e. The van der Waals surface area contributed by atoms with Crippen LogP contribution < -0.4 is 0 Å². The van der Waals surface area contributed by atoms with Gasteiger partial charge in [-0.05, 0) is 6.92 Å². The van der Waals surface area contributed by atoms with Gasteiger partial charge in [-0.15, -0.1) is 0 Å². The SMILES string of the molecule is COCCN(C(=O)C(C)(C)C)C(C)COC. The zero-order chi connectivity index (χ0) is 12.8. The van der Waals surface area contributed by atoms with E-state index in [2.05, 4.69) is 0 Å². The third kappa shape index (κ3) is 4.94. The minimum atomic E-state index is -0.365. The maximum absolute atomic E-state index is 12.2. The van der Waals surface area contributed by atoms with Crippen LogP contribution in [-0.4, -0.2) is 50.8 Å². The molecule has 0 aliphatic rings. The first-order valence-corrected chi connectivity index (χ1v) is 5.63. The molecule has 0 heterocycles. The van der Waals surface area contributed by atoms with E-state index in [1.807, 2.05) is 32.6 Å². The molecule has 1 atom stereocenters. The Bertz CT molecular complexity index is 211. The zero-order valence-corrected chi connectivity index (χ0v) is 11.4. The molecule has 96 valence electrons. The van der Waals surface area contributed by atoms with Crippen LogP contribution in [0.3, 0.4) is 0 Å². The van der Waals surface area contributed by atoms with Gasteiger partial charge in [0.1, 0.15) is 0 Å². The second-order valence-corrected chi connectivity index (χ2v) is 5.05. The van der Waals surface area contributed by atoms with Crippen LogP contribution in [0.1, 0.15) is 27.7 Å². The van der Waals surface area contributed by atoms with Crippen LogP contribution in [-0.2, 0) is 14.3 Å². The van der Waals surface area contributed by atoms with Crippen LogP contribution in [0.15, 0.2) is 0 Å². The Morgan fingerprint density at radius 1 is 1.25 bits per heavy atom. The first-order chi connectivity index (χ1) is 7.34. The number of nitrogens with zero attached hydrogens (tertiary/aromatic N) is 1. The quantitative estimate of drug-likeness (QED) is 0.696. The maximum Gasteiger partial charge on any atom is 0.228 e. The van der Waals surface area contributed by atoms with Gasteiger partial charge in [-0.2, -0.15) is 0 Å². The molecular weight excluding hydrogens is 206 g/mol. The molecule has 0 saturated heterocycles. The molecule has 0 aromatic rings. The largest absolute Gasteiger partial charge is 0.383 e. The number of carbonyl (C=O) groups is 1. The van der Waals surface area contributed by atoms with Gasteiger partial charge < -0.3 is 14.4 Å². The fraction of sp³-hybridized carbons (Fsp3) is 0.917. The first-order valence-electron chi connectivity index (χ1n) is 5.63. The molecule has 4 heteroatoms. The van der Waals surface area contributed by atoms with Gasteiger partial charge in [-0.25, -0.2) is 0 Å². The molecule has 0 aromatic heterocycles. The highest BCUT2D eigenvalue weighted by molar-refractivity contribution is 5.81. The second-order valence-electron chi connectivity index (χ2n) is 5.05. The molecule has 1 unspecified atom stereocenters. The summed E-state index contributed by atoms with van der Waals surface area (Å²) in [6.07, 6.45) is 0. The van der Waals surface area contributed by atoms with E-state index < -0.39 is 0 Å². The van der Waals surface area contributed by atoms with Crippen molar-refractivity contribution in [3.05, 3.63) is 0 Å². The van der Waals surface area contributed by atoms with Crippen LogP contribution in [0, 0.1) is 5.41 Å². The Morgan fingerprint density at radius 3 is 2.19 bits per heavy atom. The van der Waals surface area contributed by atoms with Crippen LogP contribution in [0.25, 0.3) is 0 Å². The lowest BCUT2D eigenvalue weighted by atomic mass is 9.94. The molecule has 0 rings (SSSR count). The van der Waals surface area contributed by atoms with E-state index in [0.29, 0.717) is 19.8 Å². The lowest BCUT2D eigenvalue weighted by Gasteiger charge is -2.33. The number of carbonyl (C=O) groups excluding carboxylic acids is 1. The molecule has 0 bridgehead atoms. The summed E-state index contributed by atoms with van der Waals surface area (Å²) in [5.74, 6) is 0.133. The van der Waals surface area contributed by atoms with Crippen molar-refractivity contribution >= 4 is 5.91 Å². The molecule has 0 aliphatic heterocycles. The van der Waals surface area contributed by atoms with Gasteiger partial charge in [0.2, 0.25) is 5.91 Å². The van der Waals surface area contributed by atoms with Gasteiger partial charge in [-0.1, -0.05) is 20.8 Å². The number of amides is 1.